The zero-order chi connectivity index (χ0) is 13.1. The van der Waals surface area contributed by atoms with Crippen LogP contribution in [0.15, 0.2) is 55.9 Å². The fourth-order valence-corrected chi connectivity index (χ4v) is 3.29. The molecule has 0 fully saturated rings. The van der Waals surface area contributed by atoms with E-state index in [1.165, 1.54) is 11.1 Å². The monoisotopic (exact) mass is 431 g/mol. The zero-order valence-electron chi connectivity index (χ0n) is 9.75. The summed E-state index contributed by atoms with van der Waals surface area (Å²) < 4.78 is 3.28. The van der Waals surface area contributed by atoms with Crippen molar-refractivity contribution >= 4 is 47.8 Å². The number of benzene rings is 2. The van der Waals surface area contributed by atoms with E-state index in [2.05, 4.69) is 83.4 Å². The largest absolute Gasteiger partial charge is 0.309 e. The van der Waals surface area contributed by atoms with Gasteiger partial charge in [-0.3, -0.25) is 0 Å². The lowest BCUT2D eigenvalue weighted by atomic mass is 9.99. The van der Waals surface area contributed by atoms with Crippen LogP contribution in [0.1, 0.15) is 17.2 Å². The van der Waals surface area contributed by atoms with Crippen LogP contribution in [-0.4, -0.2) is 7.05 Å². The SMILES string of the molecule is CNC(c1ccccc1Br)c1cc(Br)ccc1Br. The second kappa shape index (κ2) is 6.33. The number of nitrogens with one attached hydrogen (secondary N) is 1. The highest BCUT2D eigenvalue weighted by molar-refractivity contribution is 9.11. The van der Waals surface area contributed by atoms with Crippen LogP contribution < -0.4 is 5.32 Å². The highest BCUT2D eigenvalue weighted by atomic mass is 79.9. The molecule has 0 heterocycles. The van der Waals surface area contributed by atoms with E-state index < -0.39 is 0 Å². The molecule has 1 nitrogen and oxygen atoms in total. The topological polar surface area (TPSA) is 12.0 Å². The van der Waals surface area contributed by atoms with Crippen molar-refractivity contribution in [3.8, 4) is 0 Å². The van der Waals surface area contributed by atoms with Crippen molar-refractivity contribution in [3.05, 3.63) is 67.0 Å². The van der Waals surface area contributed by atoms with E-state index in [9.17, 15) is 0 Å². The van der Waals surface area contributed by atoms with E-state index in [0.29, 0.717) is 0 Å². The minimum atomic E-state index is 0.146. The molecular formula is C14H12Br3N. The van der Waals surface area contributed by atoms with Gasteiger partial charge in [0.25, 0.3) is 0 Å². The Hall–Kier alpha value is -0.160. The van der Waals surface area contributed by atoms with E-state index in [1.807, 2.05) is 19.2 Å². The summed E-state index contributed by atoms with van der Waals surface area (Å²) in [6, 6.07) is 14.6. The summed E-state index contributed by atoms with van der Waals surface area (Å²) >= 11 is 10.8. The van der Waals surface area contributed by atoms with Gasteiger partial charge in [-0.1, -0.05) is 66.0 Å². The molecule has 1 N–H and O–H groups in total. The smallest absolute Gasteiger partial charge is 0.0596 e. The minimum Gasteiger partial charge on any atom is -0.309 e. The van der Waals surface area contributed by atoms with Crippen molar-refractivity contribution in [1.82, 2.24) is 5.32 Å². The fraction of sp³-hybridized carbons (Fsp3) is 0.143. The molecule has 0 aliphatic rings. The molecule has 0 aromatic heterocycles. The van der Waals surface area contributed by atoms with Crippen molar-refractivity contribution in [2.45, 2.75) is 6.04 Å². The van der Waals surface area contributed by atoms with Crippen molar-refractivity contribution in [3.63, 3.8) is 0 Å². The van der Waals surface area contributed by atoms with Gasteiger partial charge in [0, 0.05) is 13.4 Å². The summed E-state index contributed by atoms with van der Waals surface area (Å²) in [6.45, 7) is 0. The van der Waals surface area contributed by atoms with Crippen LogP contribution >= 0.6 is 47.8 Å². The first-order valence-electron chi connectivity index (χ1n) is 5.50. The van der Waals surface area contributed by atoms with Gasteiger partial charge in [0.15, 0.2) is 0 Å². The van der Waals surface area contributed by atoms with E-state index in [-0.39, 0.29) is 6.04 Å². The number of halogens is 3. The first-order chi connectivity index (χ1) is 8.63. The van der Waals surface area contributed by atoms with Crippen LogP contribution in [0.4, 0.5) is 0 Å². The van der Waals surface area contributed by atoms with Crippen LogP contribution in [0.5, 0.6) is 0 Å². The van der Waals surface area contributed by atoms with Gasteiger partial charge in [-0.2, -0.15) is 0 Å². The summed E-state index contributed by atoms with van der Waals surface area (Å²) in [4.78, 5) is 0. The lowest BCUT2D eigenvalue weighted by Crippen LogP contribution is -2.18. The van der Waals surface area contributed by atoms with E-state index in [1.54, 1.807) is 0 Å². The van der Waals surface area contributed by atoms with Crippen molar-refractivity contribution < 1.29 is 0 Å². The van der Waals surface area contributed by atoms with E-state index in [0.717, 1.165) is 13.4 Å². The molecule has 0 amide bonds. The number of hydrogen-bond acceptors (Lipinski definition) is 1. The molecule has 94 valence electrons. The molecule has 2 aromatic carbocycles. The third-order valence-corrected chi connectivity index (χ3v) is 4.71. The Morgan fingerprint density at radius 3 is 2.22 bits per heavy atom. The Morgan fingerprint density at radius 2 is 1.56 bits per heavy atom. The fourth-order valence-electron chi connectivity index (χ4n) is 1.92. The molecule has 0 bridgehead atoms. The Labute approximate surface area is 132 Å². The molecule has 2 rings (SSSR count). The Morgan fingerprint density at radius 1 is 0.889 bits per heavy atom. The number of hydrogen-bond donors (Lipinski definition) is 1. The standard InChI is InChI=1S/C14H12Br3N/c1-18-14(10-4-2-3-5-12(10)16)11-8-9(15)6-7-13(11)17/h2-8,14,18H,1H3. The van der Waals surface area contributed by atoms with E-state index >= 15 is 0 Å². The molecular weight excluding hydrogens is 422 g/mol. The lowest BCUT2D eigenvalue weighted by molar-refractivity contribution is 0.686. The van der Waals surface area contributed by atoms with Crippen LogP contribution in [0.3, 0.4) is 0 Å². The molecule has 4 heteroatoms. The molecule has 0 aliphatic carbocycles. The first kappa shape index (κ1) is 14.3. The quantitative estimate of drug-likeness (QED) is 0.694. The maximum absolute atomic E-state index is 3.62. The highest BCUT2D eigenvalue weighted by Crippen LogP contribution is 2.33. The molecule has 1 atom stereocenters. The third kappa shape index (κ3) is 3.05. The van der Waals surface area contributed by atoms with Gasteiger partial charge in [-0.05, 0) is 42.4 Å². The minimum absolute atomic E-state index is 0.146. The summed E-state index contributed by atoms with van der Waals surface area (Å²) in [5, 5.41) is 3.36. The van der Waals surface area contributed by atoms with Gasteiger partial charge in [0.2, 0.25) is 0 Å². The molecule has 0 spiro atoms. The molecule has 2 aromatic rings. The Balaban J connectivity index is 2.52. The highest BCUT2D eigenvalue weighted by Gasteiger charge is 2.17. The maximum Gasteiger partial charge on any atom is 0.0596 e. The van der Waals surface area contributed by atoms with Crippen LogP contribution in [-0.2, 0) is 0 Å². The molecule has 0 saturated carbocycles. The average Bonchev–Trinajstić information content (AvgIpc) is 2.36. The molecule has 1 unspecified atom stereocenters. The second-order valence-electron chi connectivity index (χ2n) is 3.91. The average molecular weight is 434 g/mol. The predicted molar refractivity (Wildman–Crippen MR) is 86.9 cm³/mol. The molecule has 0 saturated heterocycles. The first-order valence-corrected chi connectivity index (χ1v) is 7.88. The van der Waals surface area contributed by atoms with Crippen LogP contribution in [0, 0.1) is 0 Å². The summed E-state index contributed by atoms with van der Waals surface area (Å²) in [6.07, 6.45) is 0. The van der Waals surface area contributed by atoms with Gasteiger partial charge in [-0.15, -0.1) is 0 Å². The van der Waals surface area contributed by atoms with Gasteiger partial charge in [-0.25, -0.2) is 0 Å². The summed E-state index contributed by atoms with van der Waals surface area (Å²) in [7, 11) is 1.97. The van der Waals surface area contributed by atoms with Gasteiger partial charge < -0.3 is 5.32 Å². The van der Waals surface area contributed by atoms with Crippen LogP contribution in [0.25, 0.3) is 0 Å². The molecule has 0 aliphatic heterocycles. The van der Waals surface area contributed by atoms with Crippen molar-refractivity contribution in [2.75, 3.05) is 7.05 Å². The summed E-state index contributed by atoms with van der Waals surface area (Å²) in [5.41, 5.74) is 2.43. The summed E-state index contributed by atoms with van der Waals surface area (Å²) in [5.74, 6) is 0. The number of rotatable bonds is 3. The molecule has 18 heavy (non-hydrogen) atoms. The van der Waals surface area contributed by atoms with Crippen LogP contribution in [0.2, 0.25) is 0 Å². The third-order valence-electron chi connectivity index (χ3n) is 2.77. The Kier molecular flexibility index (Phi) is 5.01. The van der Waals surface area contributed by atoms with E-state index in [4.69, 9.17) is 0 Å². The molecule has 0 radical (unpaired) electrons. The zero-order valence-corrected chi connectivity index (χ0v) is 14.5. The predicted octanol–water partition coefficient (Wildman–Crippen LogP) is 5.28. The van der Waals surface area contributed by atoms with Gasteiger partial charge in [0.05, 0.1) is 6.04 Å². The van der Waals surface area contributed by atoms with Crippen molar-refractivity contribution in [1.29, 1.82) is 0 Å². The maximum atomic E-state index is 3.62. The second-order valence-corrected chi connectivity index (χ2v) is 6.53. The lowest BCUT2D eigenvalue weighted by Gasteiger charge is -2.20. The Bertz CT molecular complexity index is 554. The normalized spacial score (nSPS) is 12.4. The van der Waals surface area contributed by atoms with Gasteiger partial charge >= 0.3 is 0 Å². The van der Waals surface area contributed by atoms with Crippen molar-refractivity contribution in [2.24, 2.45) is 0 Å². The van der Waals surface area contributed by atoms with Gasteiger partial charge in [0.1, 0.15) is 0 Å².